The predicted molar refractivity (Wildman–Crippen MR) is 78.7 cm³/mol. The first-order valence-electron chi connectivity index (χ1n) is 4.85. The van der Waals surface area contributed by atoms with Crippen molar-refractivity contribution in [1.29, 1.82) is 0 Å². The quantitative estimate of drug-likeness (QED) is 0.699. The third kappa shape index (κ3) is 3.47. The first kappa shape index (κ1) is 14.0. The zero-order chi connectivity index (χ0) is 12.3. The molecule has 88 valence electrons. The SMILES string of the molecule is CCC(Cc1cc(I)c(O)c(I)c1)C(=O)O. The number of phenols is 1. The van der Waals surface area contributed by atoms with E-state index in [9.17, 15) is 9.90 Å². The molecule has 1 unspecified atom stereocenters. The molecule has 1 aromatic carbocycles. The van der Waals surface area contributed by atoms with E-state index in [2.05, 4.69) is 0 Å². The van der Waals surface area contributed by atoms with Gasteiger partial charge in [0.15, 0.2) is 0 Å². The number of rotatable bonds is 4. The average Bonchev–Trinajstić information content (AvgIpc) is 2.21. The molecular weight excluding hydrogens is 434 g/mol. The van der Waals surface area contributed by atoms with Gasteiger partial charge in [0.2, 0.25) is 0 Å². The Morgan fingerprint density at radius 3 is 2.25 bits per heavy atom. The van der Waals surface area contributed by atoms with Crippen LogP contribution in [0, 0.1) is 13.1 Å². The van der Waals surface area contributed by atoms with Crippen molar-refractivity contribution in [3.8, 4) is 5.75 Å². The molecule has 1 aromatic rings. The van der Waals surface area contributed by atoms with Crippen molar-refractivity contribution in [2.45, 2.75) is 19.8 Å². The van der Waals surface area contributed by atoms with Crippen LogP contribution in [0.1, 0.15) is 18.9 Å². The molecule has 0 heterocycles. The molecule has 1 rings (SSSR count). The fourth-order valence-corrected chi connectivity index (χ4v) is 3.32. The lowest BCUT2D eigenvalue weighted by molar-refractivity contribution is -0.141. The summed E-state index contributed by atoms with van der Waals surface area (Å²) in [5.41, 5.74) is 0.959. The smallest absolute Gasteiger partial charge is 0.306 e. The number of hydrogen-bond acceptors (Lipinski definition) is 2. The second kappa shape index (κ2) is 6.04. The molecule has 0 aliphatic heterocycles. The number of carbonyl (C=O) groups is 1. The number of halogens is 2. The molecule has 0 fully saturated rings. The summed E-state index contributed by atoms with van der Waals surface area (Å²) in [6.45, 7) is 1.87. The van der Waals surface area contributed by atoms with Crippen LogP contribution < -0.4 is 0 Å². The zero-order valence-corrected chi connectivity index (χ0v) is 13.0. The van der Waals surface area contributed by atoms with Crippen LogP contribution in [0.25, 0.3) is 0 Å². The zero-order valence-electron chi connectivity index (χ0n) is 8.70. The molecule has 1 atom stereocenters. The van der Waals surface area contributed by atoms with Crippen molar-refractivity contribution in [3.63, 3.8) is 0 Å². The highest BCUT2D eigenvalue weighted by Crippen LogP contribution is 2.28. The third-order valence-electron chi connectivity index (χ3n) is 2.40. The monoisotopic (exact) mass is 446 g/mol. The van der Waals surface area contributed by atoms with E-state index in [0.717, 1.165) is 12.7 Å². The van der Waals surface area contributed by atoms with Gasteiger partial charge in [-0.2, -0.15) is 0 Å². The van der Waals surface area contributed by atoms with Crippen LogP contribution in [-0.2, 0) is 11.2 Å². The Morgan fingerprint density at radius 1 is 1.38 bits per heavy atom. The van der Waals surface area contributed by atoms with Crippen molar-refractivity contribution in [3.05, 3.63) is 24.8 Å². The van der Waals surface area contributed by atoms with Gasteiger partial charge in [0.1, 0.15) is 5.75 Å². The highest BCUT2D eigenvalue weighted by atomic mass is 127. The second-order valence-electron chi connectivity index (χ2n) is 3.56. The van der Waals surface area contributed by atoms with Crippen LogP contribution in [-0.4, -0.2) is 16.2 Å². The summed E-state index contributed by atoms with van der Waals surface area (Å²) in [6.07, 6.45) is 1.13. The Hall–Kier alpha value is -0.0500. The van der Waals surface area contributed by atoms with Gasteiger partial charge in [-0.25, -0.2) is 0 Å². The summed E-state index contributed by atoms with van der Waals surface area (Å²) in [5, 5.41) is 18.6. The first-order chi connectivity index (χ1) is 7.45. The summed E-state index contributed by atoms with van der Waals surface area (Å²) < 4.78 is 1.53. The average molecular weight is 446 g/mol. The Morgan fingerprint density at radius 2 is 1.88 bits per heavy atom. The molecule has 2 N–H and O–H groups in total. The lowest BCUT2D eigenvalue weighted by Crippen LogP contribution is -2.15. The number of phenolic OH excluding ortho intramolecular Hbond substituents is 1. The molecule has 0 spiro atoms. The van der Waals surface area contributed by atoms with Gasteiger partial charge in [-0.15, -0.1) is 0 Å². The second-order valence-corrected chi connectivity index (χ2v) is 5.88. The number of hydrogen-bond donors (Lipinski definition) is 2. The number of carboxylic acids is 1. The van der Waals surface area contributed by atoms with Crippen LogP contribution in [0.2, 0.25) is 0 Å². The standard InChI is InChI=1S/C11H12I2O3/c1-2-7(11(15)16)3-6-4-8(12)10(14)9(13)5-6/h4-5,7,14H,2-3H2,1H3,(H,15,16). The molecule has 3 nitrogen and oxygen atoms in total. The number of carboxylic acid groups (broad SMARTS) is 1. The minimum atomic E-state index is -0.763. The Balaban J connectivity index is 2.93. The number of benzene rings is 1. The highest BCUT2D eigenvalue weighted by molar-refractivity contribution is 14.1. The Labute approximate surface area is 122 Å². The molecular formula is C11H12I2O3. The van der Waals surface area contributed by atoms with E-state index in [1.165, 1.54) is 0 Å². The first-order valence-corrected chi connectivity index (χ1v) is 7.01. The maximum absolute atomic E-state index is 10.9. The molecule has 16 heavy (non-hydrogen) atoms. The molecule has 0 amide bonds. The van der Waals surface area contributed by atoms with Crippen molar-refractivity contribution >= 4 is 51.2 Å². The fraction of sp³-hybridized carbons (Fsp3) is 0.364. The van der Waals surface area contributed by atoms with Crippen molar-refractivity contribution in [1.82, 2.24) is 0 Å². The topological polar surface area (TPSA) is 57.5 Å². The molecule has 0 aliphatic carbocycles. The van der Waals surface area contributed by atoms with E-state index >= 15 is 0 Å². The lowest BCUT2D eigenvalue weighted by atomic mass is 9.97. The van der Waals surface area contributed by atoms with E-state index < -0.39 is 5.97 Å². The van der Waals surface area contributed by atoms with Crippen molar-refractivity contribution in [2.75, 3.05) is 0 Å². The largest absolute Gasteiger partial charge is 0.506 e. The van der Waals surface area contributed by atoms with Crippen LogP contribution in [0.15, 0.2) is 12.1 Å². The molecule has 0 aromatic heterocycles. The molecule has 0 bridgehead atoms. The third-order valence-corrected chi connectivity index (χ3v) is 4.05. The van der Waals surface area contributed by atoms with E-state index in [1.807, 2.05) is 64.2 Å². The van der Waals surface area contributed by atoms with Crippen molar-refractivity contribution < 1.29 is 15.0 Å². The van der Waals surface area contributed by atoms with E-state index in [-0.39, 0.29) is 11.7 Å². The van der Waals surface area contributed by atoms with Gasteiger partial charge in [-0.1, -0.05) is 6.92 Å². The van der Waals surface area contributed by atoms with Crippen LogP contribution in [0.4, 0.5) is 0 Å². The van der Waals surface area contributed by atoms with E-state index in [1.54, 1.807) is 0 Å². The van der Waals surface area contributed by atoms with Crippen LogP contribution in [0.5, 0.6) is 5.75 Å². The van der Waals surface area contributed by atoms with E-state index in [0.29, 0.717) is 12.8 Å². The van der Waals surface area contributed by atoms with Gasteiger partial charge in [0, 0.05) is 0 Å². The van der Waals surface area contributed by atoms with Crippen LogP contribution >= 0.6 is 45.2 Å². The summed E-state index contributed by atoms with van der Waals surface area (Å²) in [5.74, 6) is -0.843. The molecule has 0 saturated carbocycles. The van der Waals surface area contributed by atoms with Gasteiger partial charge in [0.25, 0.3) is 0 Å². The lowest BCUT2D eigenvalue weighted by Gasteiger charge is -2.11. The number of aliphatic carboxylic acids is 1. The minimum absolute atomic E-state index is 0.272. The summed E-state index contributed by atoms with van der Waals surface area (Å²) in [4.78, 5) is 10.9. The highest BCUT2D eigenvalue weighted by Gasteiger charge is 2.16. The van der Waals surface area contributed by atoms with Gasteiger partial charge in [-0.05, 0) is 75.7 Å². The van der Waals surface area contributed by atoms with Gasteiger partial charge in [-0.3, -0.25) is 4.79 Å². The Kier molecular flexibility index (Phi) is 5.29. The number of aromatic hydroxyl groups is 1. The minimum Gasteiger partial charge on any atom is -0.506 e. The maximum atomic E-state index is 10.9. The normalized spacial score (nSPS) is 12.4. The molecule has 0 radical (unpaired) electrons. The summed E-state index contributed by atoms with van der Waals surface area (Å²) in [6, 6.07) is 3.67. The van der Waals surface area contributed by atoms with Gasteiger partial charge >= 0.3 is 5.97 Å². The van der Waals surface area contributed by atoms with E-state index in [4.69, 9.17) is 5.11 Å². The summed E-state index contributed by atoms with van der Waals surface area (Å²) in [7, 11) is 0. The fourth-order valence-electron chi connectivity index (χ4n) is 1.43. The van der Waals surface area contributed by atoms with Gasteiger partial charge < -0.3 is 10.2 Å². The van der Waals surface area contributed by atoms with Gasteiger partial charge in [0.05, 0.1) is 13.1 Å². The molecule has 5 heteroatoms. The molecule has 0 saturated heterocycles. The summed E-state index contributed by atoms with van der Waals surface area (Å²) >= 11 is 4.10. The molecule has 0 aliphatic rings. The predicted octanol–water partition coefficient (Wildman–Crippen LogP) is 3.25. The van der Waals surface area contributed by atoms with Crippen molar-refractivity contribution in [2.24, 2.45) is 5.92 Å². The maximum Gasteiger partial charge on any atom is 0.306 e. The van der Waals surface area contributed by atoms with Crippen LogP contribution in [0.3, 0.4) is 0 Å². The Bertz CT molecular complexity index is 381.